The number of anilines is 2. The number of nitrogens with two attached hydrogens (primary N) is 1. The molecule has 0 unspecified atom stereocenters. The summed E-state index contributed by atoms with van der Waals surface area (Å²) in [7, 11) is 3.33. The predicted octanol–water partition coefficient (Wildman–Crippen LogP) is 3.99. The number of hydrogen-bond donors (Lipinski definition) is 1. The number of aromatic nitrogens is 3. The molecule has 2 N–H and O–H groups in total. The molecule has 30 heavy (non-hydrogen) atoms. The van der Waals surface area contributed by atoms with Crippen LogP contribution in [0.1, 0.15) is 22.4 Å². The van der Waals surface area contributed by atoms with Crippen LogP contribution >= 0.6 is 11.6 Å². The van der Waals surface area contributed by atoms with Crippen LogP contribution in [0.2, 0.25) is 5.15 Å². The molecule has 0 radical (unpaired) electrons. The maximum atomic E-state index is 6.14. The van der Waals surface area contributed by atoms with Crippen LogP contribution in [0.4, 0.5) is 11.8 Å². The number of benzene rings is 1. The lowest BCUT2D eigenvalue weighted by atomic mass is 10.1. The summed E-state index contributed by atoms with van der Waals surface area (Å²) in [6.07, 6.45) is 2.62. The van der Waals surface area contributed by atoms with Crippen LogP contribution < -0.4 is 20.1 Å². The first-order valence-electron chi connectivity index (χ1n) is 9.58. The Hall–Kier alpha value is -3.06. The van der Waals surface area contributed by atoms with Gasteiger partial charge in [-0.1, -0.05) is 23.7 Å². The third-order valence-electron chi connectivity index (χ3n) is 4.94. The van der Waals surface area contributed by atoms with Gasteiger partial charge in [0.1, 0.15) is 22.5 Å². The zero-order chi connectivity index (χ0) is 21.7. The molecule has 0 aliphatic heterocycles. The molecule has 7 nitrogen and oxygen atoms in total. The van der Waals surface area contributed by atoms with Gasteiger partial charge in [-0.05, 0) is 38.0 Å². The van der Waals surface area contributed by atoms with E-state index in [1.165, 1.54) is 5.56 Å². The van der Waals surface area contributed by atoms with Crippen molar-refractivity contribution in [3.63, 3.8) is 0 Å². The fourth-order valence-electron chi connectivity index (χ4n) is 3.33. The van der Waals surface area contributed by atoms with E-state index in [0.717, 1.165) is 34.7 Å². The molecule has 158 valence electrons. The van der Waals surface area contributed by atoms with E-state index in [0.29, 0.717) is 24.1 Å². The van der Waals surface area contributed by atoms with Crippen molar-refractivity contribution in [1.82, 2.24) is 15.0 Å². The lowest BCUT2D eigenvalue weighted by molar-refractivity contribution is 0.406. The van der Waals surface area contributed by atoms with Crippen molar-refractivity contribution in [3.05, 3.63) is 64.1 Å². The quantitative estimate of drug-likeness (QED) is 0.544. The SMILES string of the molecule is COc1ccc(CCN(Cc2ncc(C)c(OC)c2C)c2cc(Cl)nc(N)n2)cc1. The van der Waals surface area contributed by atoms with Crippen LogP contribution in [-0.4, -0.2) is 35.7 Å². The van der Waals surface area contributed by atoms with E-state index in [-0.39, 0.29) is 5.95 Å². The lowest BCUT2D eigenvalue weighted by Crippen LogP contribution is -2.27. The van der Waals surface area contributed by atoms with Crippen molar-refractivity contribution in [2.75, 3.05) is 31.4 Å². The Morgan fingerprint density at radius 1 is 1.07 bits per heavy atom. The van der Waals surface area contributed by atoms with Crippen molar-refractivity contribution in [2.24, 2.45) is 0 Å². The van der Waals surface area contributed by atoms with E-state index in [4.69, 9.17) is 26.8 Å². The Morgan fingerprint density at radius 3 is 2.43 bits per heavy atom. The Kier molecular flexibility index (Phi) is 6.95. The number of aryl methyl sites for hydroxylation is 1. The summed E-state index contributed by atoms with van der Waals surface area (Å²) in [5.74, 6) is 2.47. The van der Waals surface area contributed by atoms with E-state index in [1.807, 2.05) is 32.2 Å². The summed E-state index contributed by atoms with van der Waals surface area (Å²) < 4.78 is 10.8. The highest BCUT2D eigenvalue weighted by atomic mass is 35.5. The third-order valence-corrected chi connectivity index (χ3v) is 5.14. The summed E-state index contributed by atoms with van der Waals surface area (Å²) in [4.78, 5) is 15.1. The van der Waals surface area contributed by atoms with Gasteiger partial charge < -0.3 is 20.1 Å². The van der Waals surface area contributed by atoms with Crippen molar-refractivity contribution >= 4 is 23.4 Å². The van der Waals surface area contributed by atoms with Crippen molar-refractivity contribution in [3.8, 4) is 11.5 Å². The fraction of sp³-hybridized carbons (Fsp3) is 0.318. The largest absolute Gasteiger partial charge is 0.497 e. The van der Waals surface area contributed by atoms with Crippen LogP contribution in [0.5, 0.6) is 11.5 Å². The van der Waals surface area contributed by atoms with E-state index >= 15 is 0 Å². The standard InChI is InChI=1S/C22H26ClN5O2/c1-14-12-25-18(15(2)21(14)30-4)13-28(20-11-19(23)26-22(24)27-20)10-9-16-5-7-17(29-3)8-6-16/h5-8,11-12H,9-10,13H2,1-4H3,(H2,24,26,27). The van der Waals surface area contributed by atoms with Gasteiger partial charge >= 0.3 is 0 Å². The first-order valence-corrected chi connectivity index (χ1v) is 9.96. The van der Waals surface area contributed by atoms with Gasteiger partial charge in [0.2, 0.25) is 5.95 Å². The second-order valence-electron chi connectivity index (χ2n) is 6.97. The smallest absolute Gasteiger partial charge is 0.223 e. The maximum absolute atomic E-state index is 6.14. The number of hydrogen-bond acceptors (Lipinski definition) is 7. The molecule has 0 saturated carbocycles. The maximum Gasteiger partial charge on any atom is 0.223 e. The Morgan fingerprint density at radius 2 is 1.80 bits per heavy atom. The molecule has 0 aliphatic rings. The molecular weight excluding hydrogens is 402 g/mol. The van der Waals surface area contributed by atoms with Gasteiger partial charge in [-0.15, -0.1) is 0 Å². The monoisotopic (exact) mass is 427 g/mol. The topological polar surface area (TPSA) is 86.4 Å². The Bertz CT molecular complexity index is 991. The Balaban J connectivity index is 1.89. The normalized spacial score (nSPS) is 10.7. The van der Waals surface area contributed by atoms with Crippen LogP contribution in [-0.2, 0) is 13.0 Å². The van der Waals surface area contributed by atoms with Gasteiger partial charge in [0, 0.05) is 29.9 Å². The van der Waals surface area contributed by atoms with Gasteiger partial charge in [0.25, 0.3) is 0 Å². The van der Waals surface area contributed by atoms with Crippen LogP contribution in [0.3, 0.4) is 0 Å². The van der Waals surface area contributed by atoms with Crippen molar-refractivity contribution in [2.45, 2.75) is 26.8 Å². The predicted molar refractivity (Wildman–Crippen MR) is 119 cm³/mol. The van der Waals surface area contributed by atoms with E-state index in [9.17, 15) is 0 Å². The second kappa shape index (κ2) is 9.63. The first-order chi connectivity index (χ1) is 14.4. The minimum atomic E-state index is 0.137. The van der Waals surface area contributed by atoms with Crippen LogP contribution in [0.15, 0.2) is 36.5 Å². The van der Waals surface area contributed by atoms with Gasteiger partial charge in [-0.25, -0.2) is 4.98 Å². The van der Waals surface area contributed by atoms with Crippen LogP contribution in [0, 0.1) is 13.8 Å². The van der Waals surface area contributed by atoms with E-state index in [1.54, 1.807) is 20.3 Å². The number of methoxy groups -OCH3 is 2. The van der Waals surface area contributed by atoms with Gasteiger partial charge in [-0.3, -0.25) is 4.98 Å². The summed E-state index contributed by atoms with van der Waals surface area (Å²) >= 11 is 6.14. The number of rotatable bonds is 8. The Labute approximate surface area is 181 Å². The molecule has 1 aromatic carbocycles. The summed E-state index contributed by atoms with van der Waals surface area (Å²) in [6.45, 7) is 5.22. The molecule has 0 spiro atoms. The number of nitrogens with zero attached hydrogens (tertiary/aromatic N) is 4. The average Bonchev–Trinajstić information content (AvgIpc) is 2.72. The zero-order valence-electron chi connectivity index (χ0n) is 17.6. The third kappa shape index (κ3) is 5.10. The zero-order valence-corrected chi connectivity index (χ0v) is 18.4. The molecule has 0 fully saturated rings. The van der Waals surface area contributed by atoms with Gasteiger partial charge in [0.05, 0.1) is 26.5 Å². The summed E-state index contributed by atoms with van der Waals surface area (Å²) in [5.41, 5.74) is 9.92. The summed E-state index contributed by atoms with van der Waals surface area (Å²) in [6, 6.07) is 9.73. The molecule has 3 aromatic rings. The second-order valence-corrected chi connectivity index (χ2v) is 7.36. The number of nitrogen functional groups attached to an aromatic ring is 1. The highest BCUT2D eigenvalue weighted by Crippen LogP contribution is 2.27. The highest BCUT2D eigenvalue weighted by Gasteiger charge is 2.16. The van der Waals surface area contributed by atoms with Gasteiger partial charge in [-0.2, -0.15) is 4.98 Å². The molecular formula is C22H26ClN5O2. The molecule has 2 aromatic heterocycles. The molecule has 3 rings (SSSR count). The van der Waals surface area contributed by atoms with Gasteiger partial charge in [0.15, 0.2) is 0 Å². The minimum absolute atomic E-state index is 0.137. The van der Waals surface area contributed by atoms with Crippen LogP contribution in [0.25, 0.3) is 0 Å². The molecule has 0 saturated heterocycles. The lowest BCUT2D eigenvalue weighted by Gasteiger charge is -2.25. The number of ether oxygens (including phenoxy) is 2. The fourth-order valence-corrected chi connectivity index (χ4v) is 3.51. The summed E-state index contributed by atoms with van der Waals surface area (Å²) in [5, 5.41) is 0.304. The molecule has 0 atom stereocenters. The van der Waals surface area contributed by atoms with E-state index in [2.05, 4.69) is 32.0 Å². The highest BCUT2D eigenvalue weighted by molar-refractivity contribution is 6.29. The molecule has 0 amide bonds. The van der Waals surface area contributed by atoms with E-state index < -0.39 is 0 Å². The molecule has 8 heteroatoms. The average molecular weight is 428 g/mol. The minimum Gasteiger partial charge on any atom is -0.497 e. The first kappa shape index (κ1) is 21.6. The van der Waals surface area contributed by atoms with Crippen molar-refractivity contribution < 1.29 is 9.47 Å². The number of pyridine rings is 1. The molecule has 0 bridgehead atoms. The molecule has 2 heterocycles. The molecule has 0 aliphatic carbocycles. The number of halogens is 1. The van der Waals surface area contributed by atoms with Crippen molar-refractivity contribution in [1.29, 1.82) is 0 Å².